The molecule has 2 aromatic rings. The summed E-state index contributed by atoms with van der Waals surface area (Å²) < 4.78 is 0. The number of Topliss-reactive ketones (excluding diaryl/α,β-unsaturated/α-hetero) is 1. The van der Waals surface area contributed by atoms with E-state index in [9.17, 15) is 4.79 Å². The summed E-state index contributed by atoms with van der Waals surface area (Å²) in [7, 11) is 0. The van der Waals surface area contributed by atoms with Gasteiger partial charge in [-0.05, 0) is 36.1 Å². The topological polar surface area (TPSA) is 33.2 Å². The van der Waals surface area contributed by atoms with E-state index in [0.29, 0.717) is 5.69 Å². The average Bonchev–Trinajstić information content (AvgIpc) is 2.70. The minimum absolute atomic E-state index is 0.0137. The maximum absolute atomic E-state index is 11.3. The number of anilines is 1. The molecule has 1 aromatic carbocycles. The summed E-state index contributed by atoms with van der Waals surface area (Å²) in [4.78, 5) is 17.8. The molecule has 0 saturated carbocycles. The number of carbonyl (C=O) groups is 1. The molecule has 1 aromatic heterocycles. The third-order valence-electron chi connectivity index (χ3n) is 3.89. The first kappa shape index (κ1) is 12.9. The van der Waals surface area contributed by atoms with Gasteiger partial charge in [0.25, 0.3) is 0 Å². The van der Waals surface area contributed by atoms with Crippen LogP contribution in [0.25, 0.3) is 0 Å². The molecule has 0 atom stereocenters. The second-order valence-electron chi connectivity index (χ2n) is 5.21. The predicted molar refractivity (Wildman–Crippen MR) is 80.3 cm³/mol. The summed E-state index contributed by atoms with van der Waals surface area (Å²) in [5.74, 6) is 0.0137. The number of hydrogen-bond acceptors (Lipinski definition) is 3. The van der Waals surface area contributed by atoms with Gasteiger partial charge < -0.3 is 4.90 Å². The minimum atomic E-state index is 0.0137. The number of ketones is 1. The van der Waals surface area contributed by atoms with Gasteiger partial charge in [-0.1, -0.05) is 24.3 Å². The first-order valence-corrected chi connectivity index (χ1v) is 7.03. The van der Waals surface area contributed by atoms with E-state index in [0.717, 1.165) is 31.6 Å². The zero-order valence-electron chi connectivity index (χ0n) is 11.7. The molecule has 0 fully saturated rings. The Morgan fingerprint density at radius 1 is 1.05 bits per heavy atom. The number of nitrogens with zero attached hydrogens (tertiary/aromatic N) is 2. The highest BCUT2D eigenvalue weighted by Gasteiger charge is 2.14. The number of fused-ring (bicyclic) bond motifs is 1. The van der Waals surface area contributed by atoms with Crippen molar-refractivity contribution >= 4 is 11.5 Å². The van der Waals surface area contributed by atoms with Crippen molar-refractivity contribution in [2.75, 3.05) is 18.0 Å². The van der Waals surface area contributed by atoms with E-state index in [1.165, 1.54) is 11.1 Å². The Morgan fingerprint density at radius 3 is 2.20 bits per heavy atom. The second-order valence-corrected chi connectivity index (χ2v) is 5.21. The maximum Gasteiger partial charge on any atom is 0.178 e. The van der Waals surface area contributed by atoms with E-state index in [1.807, 2.05) is 18.3 Å². The van der Waals surface area contributed by atoms with Crippen molar-refractivity contribution in [3.8, 4) is 0 Å². The van der Waals surface area contributed by atoms with Crippen LogP contribution in [0.1, 0.15) is 28.5 Å². The summed E-state index contributed by atoms with van der Waals surface area (Å²) in [5.41, 5.74) is 4.53. The molecule has 0 saturated heterocycles. The van der Waals surface area contributed by atoms with Crippen molar-refractivity contribution < 1.29 is 4.79 Å². The van der Waals surface area contributed by atoms with Crippen molar-refractivity contribution in [3.05, 3.63) is 59.4 Å². The lowest BCUT2D eigenvalue weighted by molar-refractivity contribution is 0.101. The van der Waals surface area contributed by atoms with Crippen molar-refractivity contribution in [2.24, 2.45) is 0 Å². The van der Waals surface area contributed by atoms with E-state index in [2.05, 4.69) is 34.1 Å². The zero-order chi connectivity index (χ0) is 13.9. The lowest BCUT2D eigenvalue weighted by Crippen LogP contribution is -2.26. The van der Waals surface area contributed by atoms with E-state index >= 15 is 0 Å². The van der Waals surface area contributed by atoms with E-state index < -0.39 is 0 Å². The summed E-state index contributed by atoms with van der Waals surface area (Å²) in [6.07, 6.45) is 3.93. The van der Waals surface area contributed by atoms with Gasteiger partial charge in [-0.2, -0.15) is 0 Å². The molecule has 20 heavy (non-hydrogen) atoms. The van der Waals surface area contributed by atoms with Crippen LogP contribution in [-0.4, -0.2) is 23.9 Å². The fourth-order valence-electron chi connectivity index (χ4n) is 2.71. The fourth-order valence-corrected chi connectivity index (χ4v) is 2.71. The zero-order valence-corrected chi connectivity index (χ0v) is 11.7. The highest BCUT2D eigenvalue weighted by Crippen LogP contribution is 2.20. The normalized spacial score (nSPS) is 14.6. The minimum Gasteiger partial charge on any atom is -0.370 e. The summed E-state index contributed by atoms with van der Waals surface area (Å²) in [6.45, 7) is 3.54. The van der Waals surface area contributed by atoms with Crippen molar-refractivity contribution in [1.29, 1.82) is 0 Å². The van der Waals surface area contributed by atoms with Gasteiger partial charge in [0, 0.05) is 20.0 Å². The van der Waals surface area contributed by atoms with Gasteiger partial charge in [0.15, 0.2) is 5.78 Å². The molecule has 0 aliphatic carbocycles. The number of carbonyl (C=O) groups excluding carboxylic acids is 1. The first-order chi connectivity index (χ1) is 9.74. The molecule has 0 spiro atoms. The molecule has 3 nitrogen and oxygen atoms in total. The van der Waals surface area contributed by atoms with Gasteiger partial charge in [-0.3, -0.25) is 9.78 Å². The molecule has 3 heteroatoms. The van der Waals surface area contributed by atoms with Crippen molar-refractivity contribution in [2.45, 2.75) is 19.8 Å². The third kappa shape index (κ3) is 2.57. The Labute approximate surface area is 119 Å². The molecular formula is C17H18N2O. The second kappa shape index (κ2) is 5.45. The average molecular weight is 266 g/mol. The number of aromatic nitrogens is 1. The van der Waals surface area contributed by atoms with Crippen LogP contribution in [0, 0.1) is 0 Å². The van der Waals surface area contributed by atoms with Gasteiger partial charge in [-0.15, -0.1) is 0 Å². The van der Waals surface area contributed by atoms with Gasteiger partial charge in [0.1, 0.15) is 5.69 Å². The molecule has 102 valence electrons. The first-order valence-electron chi connectivity index (χ1n) is 7.03. The van der Waals surface area contributed by atoms with E-state index in [4.69, 9.17) is 0 Å². The van der Waals surface area contributed by atoms with Crippen LogP contribution in [-0.2, 0) is 12.8 Å². The predicted octanol–water partition coefficient (Wildman–Crippen LogP) is 2.89. The Bertz CT molecular complexity index is 592. The Balaban J connectivity index is 1.78. The van der Waals surface area contributed by atoms with Crippen LogP contribution < -0.4 is 4.90 Å². The Kier molecular flexibility index (Phi) is 3.50. The summed E-state index contributed by atoms with van der Waals surface area (Å²) in [5, 5.41) is 0. The summed E-state index contributed by atoms with van der Waals surface area (Å²) in [6, 6.07) is 12.5. The van der Waals surface area contributed by atoms with Gasteiger partial charge >= 0.3 is 0 Å². The van der Waals surface area contributed by atoms with Crippen LogP contribution in [0.5, 0.6) is 0 Å². The SMILES string of the molecule is CC(=O)c1ccc(N2CCc3ccccc3CC2)cn1. The standard InChI is InChI=1S/C17H18N2O/c1-13(20)17-7-6-16(12-18-17)19-10-8-14-4-2-3-5-15(14)9-11-19/h2-7,12H,8-11H2,1H3. The molecule has 1 aliphatic rings. The summed E-state index contributed by atoms with van der Waals surface area (Å²) >= 11 is 0. The Morgan fingerprint density at radius 2 is 1.70 bits per heavy atom. The maximum atomic E-state index is 11.3. The van der Waals surface area contributed by atoms with Crippen LogP contribution in [0.4, 0.5) is 5.69 Å². The quantitative estimate of drug-likeness (QED) is 0.784. The van der Waals surface area contributed by atoms with Crippen LogP contribution in [0.3, 0.4) is 0 Å². The highest BCUT2D eigenvalue weighted by molar-refractivity contribution is 5.92. The Hall–Kier alpha value is -2.16. The van der Waals surface area contributed by atoms with Gasteiger partial charge in [0.05, 0.1) is 11.9 Å². The van der Waals surface area contributed by atoms with Gasteiger partial charge in [-0.25, -0.2) is 0 Å². The molecule has 0 radical (unpaired) electrons. The molecule has 0 N–H and O–H groups in total. The van der Waals surface area contributed by atoms with Crippen LogP contribution >= 0.6 is 0 Å². The fraction of sp³-hybridized carbons (Fsp3) is 0.294. The highest BCUT2D eigenvalue weighted by atomic mass is 16.1. The molecule has 0 unspecified atom stereocenters. The third-order valence-corrected chi connectivity index (χ3v) is 3.89. The van der Waals surface area contributed by atoms with E-state index in [1.54, 1.807) is 6.92 Å². The van der Waals surface area contributed by atoms with Crippen LogP contribution in [0.2, 0.25) is 0 Å². The van der Waals surface area contributed by atoms with Crippen LogP contribution in [0.15, 0.2) is 42.6 Å². The number of pyridine rings is 1. The molecule has 1 aliphatic heterocycles. The lowest BCUT2D eigenvalue weighted by atomic mass is 10.0. The largest absolute Gasteiger partial charge is 0.370 e. The number of hydrogen-bond donors (Lipinski definition) is 0. The molecule has 2 heterocycles. The van der Waals surface area contributed by atoms with Crippen molar-refractivity contribution in [1.82, 2.24) is 4.98 Å². The number of rotatable bonds is 2. The molecule has 0 amide bonds. The molecule has 3 rings (SSSR count). The van der Waals surface area contributed by atoms with E-state index in [-0.39, 0.29) is 5.78 Å². The van der Waals surface area contributed by atoms with Gasteiger partial charge in [0.2, 0.25) is 0 Å². The smallest absolute Gasteiger partial charge is 0.178 e. The van der Waals surface area contributed by atoms with Crippen molar-refractivity contribution in [3.63, 3.8) is 0 Å². The molecular weight excluding hydrogens is 248 g/mol. The monoisotopic (exact) mass is 266 g/mol. The molecule has 0 bridgehead atoms. The number of benzene rings is 1. The lowest BCUT2D eigenvalue weighted by Gasteiger charge is -2.22.